The molecule has 0 aliphatic heterocycles. The van der Waals surface area contributed by atoms with Crippen molar-refractivity contribution >= 4 is 22.0 Å². The summed E-state index contributed by atoms with van der Waals surface area (Å²) in [4.78, 5) is 11.8. The predicted molar refractivity (Wildman–Crippen MR) is 91.8 cm³/mol. The molecule has 5 nitrogen and oxygen atoms in total. The van der Waals surface area contributed by atoms with Crippen molar-refractivity contribution < 1.29 is 22.5 Å². The molecule has 24 heavy (non-hydrogen) atoms. The van der Waals surface area contributed by atoms with Crippen LogP contribution in [-0.2, 0) is 10.1 Å². The van der Waals surface area contributed by atoms with Gasteiger partial charge in [-0.2, -0.15) is 8.42 Å². The molecule has 0 unspecified atom stereocenters. The van der Waals surface area contributed by atoms with Crippen LogP contribution >= 0.6 is 0 Å². The van der Waals surface area contributed by atoms with Crippen molar-refractivity contribution in [1.29, 1.82) is 0 Å². The highest BCUT2D eigenvalue weighted by atomic mass is 32.2. The van der Waals surface area contributed by atoms with Gasteiger partial charge in [-0.15, -0.1) is 0 Å². The van der Waals surface area contributed by atoms with Gasteiger partial charge in [0.1, 0.15) is 5.75 Å². The van der Waals surface area contributed by atoms with Crippen LogP contribution in [0.2, 0.25) is 0 Å². The van der Waals surface area contributed by atoms with E-state index in [0.717, 1.165) is 11.3 Å². The van der Waals surface area contributed by atoms with Crippen molar-refractivity contribution in [2.75, 3.05) is 6.61 Å². The van der Waals surface area contributed by atoms with E-state index in [2.05, 4.69) is 6.58 Å². The number of carbonyl (C=O) groups is 1. The van der Waals surface area contributed by atoms with Crippen LogP contribution < -0.4 is 4.74 Å². The summed E-state index contributed by atoms with van der Waals surface area (Å²) in [6.07, 6.45) is 2.58. The Kier molecular flexibility index (Phi) is 5.89. The number of rotatable bonds is 8. The lowest BCUT2D eigenvalue weighted by molar-refractivity contribution is 0.0973. The van der Waals surface area contributed by atoms with Crippen LogP contribution in [-0.4, -0.2) is 25.4 Å². The van der Waals surface area contributed by atoms with E-state index in [4.69, 9.17) is 9.29 Å². The summed E-state index contributed by atoms with van der Waals surface area (Å²) >= 11 is 0. The summed E-state index contributed by atoms with van der Waals surface area (Å²) < 4.78 is 36.4. The van der Waals surface area contributed by atoms with Gasteiger partial charge in [-0.05, 0) is 36.2 Å². The fourth-order valence-electron chi connectivity index (χ4n) is 2.08. The van der Waals surface area contributed by atoms with E-state index < -0.39 is 10.1 Å². The molecule has 0 fully saturated rings. The third-order valence-corrected chi connectivity index (χ3v) is 4.27. The zero-order valence-corrected chi connectivity index (χ0v) is 13.8. The molecule has 0 saturated heterocycles. The number of ketones is 1. The fourth-order valence-corrected chi connectivity index (χ4v) is 2.56. The first-order valence-electron chi connectivity index (χ1n) is 7.36. The van der Waals surface area contributed by atoms with Crippen LogP contribution in [0.1, 0.15) is 28.8 Å². The van der Waals surface area contributed by atoms with Crippen molar-refractivity contribution in [3.63, 3.8) is 0 Å². The van der Waals surface area contributed by atoms with Crippen molar-refractivity contribution in [2.45, 2.75) is 17.7 Å². The standard InChI is InChI=1S/C18H18O5S/c1-2-14-5-9-16(10-6-14)23-13-3-4-18(19)15-7-11-17(12-8-15)24(20,21)22/h2,5-12H,1,3-4,13H2,(H,20,21,22). The lowest BCUT2D eigenvalue weighted by Gasteiger charge is -2.06. The maximum atomic E-state index is 12.0. The third-order valence-electron chi connectivity index (χ3n) is 3.41. The van der Waals surface area contributed by atoms with Crippen LogP contribution in [0.15, 0.2) is 60.0 Å². The zero-order valence-electron chi connectivity index (χ0n) is 13.0. The minimum absolute atomic E-state index is 0.109. The number of hydrogen-bond acceptors (Lipinski definition) is 4. The van der Waals surface area contributed by atoms with Crippen LogP contribution in [0.25, 0.3) is 6.08 Å². The second-order valence-electron chi connectivity index (χ2n) is 5.15. The summed E-state index contributed by atoms with van der Waals surface area (Å²) in [5.74, 6) is 0.619. The van der Waals surface area contributed by atoms with E-state index in [1.807, 2.05) is 24.3 Å². The second-order valence-corrected chi connectivity index (χ2v) is 6.57. The second kappa shape index (κ2) is 7.90. The highest BCUT2D eigenvalue weighted by molar-refractivity contribution is 7.85. The van der Waals surface area contributed by atoms with Gasteiger partial charge in [0.2, 0.25) is 0 Å². The highest BCUT2D eigenvalue weighted by Crippen LogP contribution is 2.15. The van der Waals surface area contributed by atoms with E-state index in [9.17, 15) is 13.2 Å². The van der Waals surface area contributed by atoms with E-state index >= 15 is 0 Å². The summed E-state index contributed by atoms with van der Waals surface area (Å²) in [5, 5.41) is 0. The SMILES string of the molecule is C=Cc1ccc(OCCCC(=O)c2ccc(S(=O)(=O)O)cc2)cc1. The first-order valence-corrected chi connectivity index (χ1v) is 8.80. The van der Waals surface area contributed by atoms with Gasteiger partial charge in [0.05, 0.1) is 11.5 Å². The Morgan fingerprint density at radius 2 is 1.71 bits per heavy atom. The molecule has 2 aromatic rings. The Bertz CT molecular complexity index is 805. The smallest absolute Gasteiger partial charge is 0.294 e. The normalized spacial score (nSPS) is 11.0. The van der Waals surface area contributed by atoms with E-state index in [-0.39, 0.29) is 17.1 Å². The van der Waals surface area contributed by atoms with Gasteiger partial charge < -0.3 is 4.74 Å². The molecule has 0 aliphatic rings. The molecule has 0 bridgehead atoms. The minimum atomic E-state index is -4.24. The lowest BCUT2D eigenvalue weighted by atomic mass is 10.1. The van der Waals surface area contributed by atoms with Gasteiger partial charge >= 0.3 is 0 Å². The van der Waals surface area contributed by atoms with Crippen LogP contribution in [0.4, 0.5) is 0 Å². The Morgan fingerprint density at radius 1 is 1.08 bits per heavy atom. The molecule has 6 heteroatoms. The summed E-state index contributed by atoms with van der Waals surface area (Å²) in [6.45, 7) is 4.08. The highest BCUT2D eigenvalue weighted by Gasteiger charge is 2.11. The maximum absolute atomic E-state index is 12.0. The molecule has 0 aromatic heterocycles. The number of benzene rings is 2. The van der Waals surface area contributed by atoms with Gasteiger partial charge in [-0.25, -0.2) is 0 Å². The van der Waals surface area contributed by atoms with Crippen LogP contribution in [0.5, 0.6) is 5.75 Å². The van der Waals surface area contributed by atoms with E-state index in [1.54, 1.807) is 6.08 Å². The molecule has 0 heterocycles. The van der Waals surface area contributed by atoms with Gasteiger partial charge in [0, 0.05) is 12.0 Å². The van der Waals surface area contributed by atoms with Gasteiger partial charge in [-0.3, -0.25) is 9.35 Å². The summed E-state index contributed by atoms with van der Waals surface area (Å²) in [5.41, 5.74) is 1.41. The van der Waals surface area contributed by atoms with Gasteiger partial charge in [-0.1, -0.05) is 36.9 Å². The number of carbonyl (C=O) groups excluding carboxylic acids is 1. The molecule has 2 aromatic carbocycles. The van der Waals surface area contributed by atoms with Crippen molar-refractivity contribution in [1.82, 2.24) is 0 Å². The van der Waals surface area contributed by atoms with E-state index in [0.29, 0.717) is 18.6 Å². The number of Topliss-reactive ketones (excluding diaryl/α,β-unsaturated/α-hetero) is 1. The predicted octanol–water partition coefficient (Wildman–Crippen LogP) is 3.62. The lowest BCUT2D eigenvalue weighted by Crippen LogP contribution is -2.05. The third kappa shape index (κ3) is 5.04. The number of hydrogen-bond donors (Lipinski definition) is 1. The average Bonchev–Trinajstić information content (AvgIpc) is 2.58. The Labute approximate surface area is 141 Å². The van der Waals surface area contributed by atoms with Crippen molar-refractivity contribution in [2.24, 2.45) is 0 Å². The Hall–Kier alpha value is -2.44. The van der Waals surface area contributed by atoms with Crippen LogP contribution in [0, 0.1) is 0 Å². The van der Waals surface area contributed by atoms with E-state index in [1.165, 1.54) is 24.3 Å². The maximum Gasteiger partial charge on any atom is 0.294 e. The average molecular weight is 346 g/mol. The molecular formula is C18H18O5S. The molecule has 0 radical (unpaired) electrons. The molecule has 0 spiro atoms. The zero-order chi connectivity index (χ0) is 17.6. The molecule has 1 N–H and O–H groups in total. The fraction of sp³-hybridized carbons (Fsp3) is 0.167. The minimum Gasteiger partial charge on any atom is -0.494 e. The monoisotopic (exact) mass is 346 g/mol. The van der Waals surface area contributed by atoms with Gasteiger partial charge in [0.25, 0.3) is 10.1 Å². The first-order chi connectivity index (χ1) is 11.4. The molecule has 0 amide bonds. The Balaban J connectivity index is 1.81. The van der Waals surface area contributed by atoms with Crippen LogP contribution in [0.3, 0.4) is 0 Å². The quantitative estimate of drug-likeness (QED) is 0.448. The van der Waals surface area contributed by atoms with Crippen molar-refractivity contribution in [3.8, 4) is 5.75 Å². The Morgan fingerprint density at radius 3 is 2.25 bits per heavy atom. The molecule has 126 valence electrons. The molecule has 0 atom stereocenters. The number of ether oxygens (including phenoxy) is 1. The molecule has 2 rings (SSSR count). The molecule has 0 aliphatic carbocycles. The first kappa shape index (κ1) is 17.9. The van der Waals surface area contributed by atoms with Gasteiger partial charge in [0.15, 0.2) is 5.78 Å². The largest absolute Gasteiger partial charge is 0.494 e. The molecule has 0 saturated carbocycles. The summed E-state index contributed by atoms with van der Waals surface area (Å²) in [7, 11) is -4.24. The van der Waals surface area contributed by atoms with Crippen molar-refractivity contribution in [3.05, 3.63) is 66.2 Å². The summed E-state index contributed by atoms with van der Waals surface area (Å²) in [6, 6.07) is 12.7. The topological polar surface area (TPSA) is 80.7 Å². The molecular weight excluding hydrogens is 328 g/mol.